The molecule has 0 aliphatic rings. The zero-order valence-corrected chi connectivity index (χ0v) is 13.3. The first-order chi connectivity index (χ1) is 11.9. The van der Waals surface area contributed by atoms with Gasteiger partial charge < -0.3 is 13.9 Å². The van der Waals surface area contributed by atoms with Crippen LogP contribution in [0.4, 0.5) is 8.78 Å². The predicted octanol–water partition coefficient (Wildman–Crippen LogP) is 3.40. The van der Waals surface area contributed by atoms with Gasteiger partial charge in [-0.15, -0.1) is 0 Å². The molecule has 0 aliphatic carbocycles. The second kappa shape index (κ2) is 7.57. The van der Waals surface area contributed by atoms with E-state index < -0.39 is 24.1 Å². The van der Waals surface area contributed by atoms with Crippen LogP contribution in [0, 0.1) is 24.2 Å². The molecule has 0 spiro atoms. The van der Waals surface area contributed by atoms with Crippen molar-refractivity contribution < 1.29 is 32.3 Å². The average molecular weight is 349 g/mol. The highest BCUT2D eigenvalue weighted by molar-refractivity contribution is 6.18. The first-order valence-electron chi connectivity index (χ1n) is 7.04. The van der Waals surface area contributed by atoms with Crippen molar-refractivity contribution in [2.75, 3.05) is 7.11 Å². The minimum Gasteiger partial charge on any atom is -0.493 e. The smallest absolute Gasteiger partial charge is 0.387 e. The number of furan rings is 1. The van der Waals surface area contributed by atoms with Crippen molar-refractivity contribution >= 4 is 11.6 Å². The molecule has 0 saturated carbocycles. The van der Waals surface area contributed by atoms with Crippen LogP contribution < -0.4 is 9.47 Å². The molecular formula is C17H13F2NO5. The van der Waals surface area contributed by atoms with Gasteiger partial charge in [-0.3, -0.25) is 9.59 Å². The number of aryl methyl sites for hydroxylation is 1. The van der Waals surface area contributed by atoms with Gasteiger partial charge in [-0.2, -0.15) is 14.0 Å². The van der Waals surface area contributed by atoms with E-state index in [0.717, 1.165) is 6.07 Å². The number of carbonyl (C=O) groups is 2. The molecule has 0 unspecified atom stereocenters. The standard InChI is InChI=1S/C17H13F2NO5/c1-9-11(5-6-24-9)16(22)12(8-20)15(21)10-3-4-13(23-2)14(7-10)25-17(18)19/h3-7,12,17H,1-2H3/t12-/m0/s1. The number of benzene rings is 1. The zero-order chi connectivity index (χ0) is 18.6. The number of Topliss-reactive ketones (excluding diaryl/α,β-unsaturated/α-hetero) is 2. The van der Waals surface area contributed by atoms with Gasteiger partial charge in [0.15, 0.2) is 29.0 Å². The van der Waals surface area contributed by atoms with Gasteiger partial charge in [0, 0.05) is 5.56 Å². The quantitative estimate of drug-likeness (QED) is 0.562. The van der Waals surface area contributed by atoms with Gasteiger partial charge in [-0.05, 0) is 31.2 Å². The lowest BCUT2D eigenvalue weighted by Gasteiger charge is -2.12. The highest BCUT2D eigenvalue weighted by atomic mass is 19.3. The lowest BCUT2D eigenvalue weighted by Crippen LogP contribution is -2.23. The minimum atomic E-state index is -3.12. The Hall–Kier alpha value is -3.21. The normalized spacial score (nSPS) is 11.7. The molecule has 1 aromatic heterocycles. The number of hydrogen-bond donors (Lipinski definition) is 0. The molecule has 1 atom stereocenters. The number of rotatable bonds is 7. The number of nitrogens with zero attached hydrogens (tertiary/aromatic N) is 1. The van der Waals surface area contributed by atoms with Gasteiger partial charge >= 0.3 is 6.61 Å². The van der Waals surface area contributed by atoms with Gasteiger partial charge in [0.25, 0.3) is 0 Å². The van der Waals surface area contributed by atoms with Gasteiger partial charge in [0.2, 0.25) is 0 Å². The molecule has 25 heavy (non-hydrogen) atoms. The SMILES string of the molecule is COc1ccc(C(=O)[C@H](C#N)C(=O)c2ccoc2C)cc1OC(F)F. The van der Waals surface area contributed by atoms with Crippen LogP contribution in [-0.2, 0) is 0 Å². The molecule has 130 valence electrons. The largest absolute Gasteiger partial charge is 0.493 e. The summed E-state index contributed by atoms with van der Waals surface area (Å²) in [6.07, 6.45) is 1.27. The molecule has 6 nitrogen and oxygen atoms in total. The van der Waals surface area contributed by atoms with Gasteiger partial charge in [0.05, 0.1) is 25.0 Å². The Morgan fingerprint density at radius 1 is 1.20 bits per heavy atom. The van der Waals surface area contributed by atoms with Gasteiger partial charge in [0.1, 0.15) is 5.76 Å². The Balaban J connectivity index is 2.36. The average Bonchev–Trinajstić information content (AvgIpc) is 3.00. The maximum Gasteiger partial charge on any atom is 0.387 e. The molecule has 0 N–H and O–H groups in total. The van der Waals surface area contributed by atoms with Crippen molar-refractivity contribution in [3.05, 3.63) is 47.4 Å². The molecule has 0 bridgehead atoms. The first-order valence-corrected chi connectivity index (χ1v) is 7.04. The summed E-state index contributed by atoms with van der Waals surface area (Å²) in [6.45, 7) is -1.60. The highest BCUT2D eigenvalue weighted by Gasteiger charge is 2.31. The van der Waals surface area contributed by atoms with E-state index >= 15 is 0 Å². The first kappa shape index (κ1) is 18.1. The lowest BCUT2D eigenvalue weighted by molar-refractivity contribution is -0.0512. The third kappa shape index (κ3) is 3.83. The fourth-order valence-electron chi connectivity index (χ4n) is 2.22. The minimum absolute atomic E-state index is 0.0117. The molecule has 8 heteroatoms. The van der Waals surface area contributed by atoms with Crippen LogP contribution in [0.15, 0.2) is 34.9 Å². The fourth-order valence-corrected chi connectivity index (χ4v) is 2.22. The van der Waals surface area contributed by atoms with Crippen LogP contribution in [0.5, 0.6) is 11.5 Å². The van der Waals surface area contributed by atoms with Crippen molar-refractivity contribution in [3.8, 4) is 17.6 Å². The molecule has 1 heterocycles. The van der Waals surface area contributed by atoms with Crippen LogP contribution in [-0.4, -0.2) is 25.3 Å². The molecule has 2 rings (SSSR count). The molecule has 0 saturated heterocycles. The van der Waals surface area contributed by atoms with Crippen molar-refractivity contribution in [2.45, 2.75) is 13.5 Å². The van der Waals surface area contributed by atoms with E-state index in [1.54, 1.807) is 6.07 Å². The van der Waals surface area contributed by atoms with Crippen LogP contribution in [0.1, 0.15) is 26.5 Å². The fraction of sp³-hybridized carbons (Fsp3) is 0.235. The maximum atomic E-state index is 12.5. The predicted molar refractivity (Wildman–Crippen MR) is 80.8 cm³/mol. The number of ether oxygens (including phenoxy) is 2. The summed E-state index contributed by atoms with van der Waals surface area (Å²) in [5.41, 5.74) is -0.0186. The Kier molecular flexibility index (Phi) is 5.49. The van der Waals surface area contributed by atoms with Crippen molar-refractivity contribution in [1.82, 2.24) is 0 Å². The van der Waals surface area contributed by atoms with Crippen molar-refractivity contribution in [1.29, 1.82) is 5.26 Å². The molecule has 0 fully saturated rings. The van der Waals surface area contributed by atoms with Gasteiger partial charge in [-0.1, -0.05) is 0 Å². The van der Waals surface area contributed by atoms with Crippen molar-refractivity contribution in [2.24, 2.45) is 5.92 Å². The van der Waals surface area contributed by atoms with E-state index in [1.165, 1.54) is 38.5 Å². The molecule has 0 radical (unpaired) electrons. The number of nitriles is 1. The van der Waals surface area contributed by atoms with E-state index in [4.69, 9.17) is 9.15 Å². The summed E-state index contributed by atoms with van der Waals surface area (Å²) in [4.78, 5) is 24.9. The van der Waals surface area contributed by atoms with E-state index in [2.05, 4.69) is 4.74 Å². The van der Waals surface area contributed by atoms with E-state index in [9.17, 15) is 23.6 Å². The van der Waals surface area contributed by atoms with Crippen LogP contribution in [0.25, 0.3) is 0 Å². The van der Waals surface area contributed by atoms with E-state index in [0.29, 0.717) is 0 Å². The topological polar surface area (TPSA) is 89.5 Å². The number of carbonyl (C=O) groups excluding carboxylic acids is 2. The summed E-state index contributed by atoms with van der Waals surface area (Å²) >= 11 is 0. The van der Waals surface area contributed by atoms with Crippen LogP contribution in [0.2, 0.25) is 0 Å². The summed E-state index contributed by atoms with van der Waals surface area (Å²) in [6, 6.07) is 6.51. The second-order valence-electron chi connectivity index (χ2n) is 4.93. The number of hydrogen-bond acceptors (Lipinski definition) is 6. The van der Waals surface area contributed by atoms with Crippen LogP contribution in [0.3, 0.4) is 0 Å². The van der Waals surface area contributed by atoms with Crippen molar-refractivity contribution in [3.63, 3.8) is 0 Å². The molecule has 2 aromatic rings. The highest BCUT2D eigenvalue weighted by Crippen LogP contribution is 2.30. The Morgan fingerprint density at radius 3 is 2.44 bits per heavy atom. The summed E-state index contributed by atoms with van der Waals surface area (Å²) < 4.78 is 39.1. The molecule has 0 aliphatic heterocycles. The molecular weight excluding hydrogens is 336 g/mol. The van der Waals surface area contributed by atoms with E-state index in [1.807, 2.05) is 0 Å². The summed E-state index contributed by atoms with van der Waals surface area (Å²) in [5, 5.41) is 9.24. The van der Waals surface area contributed by atoms with Crippen LogP contribution >= 0.6 is 0 Å². The molecule has 1 aromatic carbocycles. The monoisotopic (exact) mass is 349 g/mol. The lowest BCUT2D eigenvalue weighted by atomic mass is 9.91. The van der Waals surface area contributed by atoms with E-state index in [-0.39, 0.29) is 28.4 Å². The molecule has 0 amide bonds. The second-order valence-corrected chi connectivity index (χ2v) is 4.93. The summed E-state index contributed by atoms with van der Waals surface area (Å²) in [5.74, 6) is -3.31. The number of halogens is 2. The number of alkyl halides is 2. The Morgan fingerprint density at radius 2 is 1.92 bits per heavy atom. The Bertz CT molecular complexity index is 838. The maximum absolute atomic E-state index is 12.5. The number of methoxy groups -OCH3 is 1. The zero-order valence-electron chi connectivity index (χ0n) is 13.3. The third-order valence-electron chi connectivity index (χ3n) is 3.44. The van der Waals surface area contributed by atoms with Gasteiger partial charge in [-0.25, -0.2) is 0 Å². The Labute approximate surface area is 141 Å². The number of ketones is 2. The summed E-state index contributed by atoms with van der Waals surface area (Å²) in [7, 11) is 1.25. The third-order valence-corrected chi connectivity index (χ3v) is 3.44.